The molecule has 0 aromatic rings. The first kappa shape index (κ1) is 32.7. The van der Waals surface area contributed by atoms with Gasteiger partial charge in [0.2, 0.25) is 0 Å². The van der Waals surface area contributed by atoms with E-state index in [4.69, 9.17) is 11.5 Å². The van der Waals surface area contributed by atoms with Crippen LogP contribution in [-0.4, -0.2) is 50.0 Å². The van der Waals surface area contributed by atoms with Gasteiger partial charge in [-0.25, -0.2) is 0 Å². The first-order chi connectivity index (χ1) is 16.6. The maximum atomic E-state index is 5.94. The van der Waals surface area contributed by atoms with E-state index in [1.165, 1.54) is 116 Å². The second-order valence-corrected chi connectivity index (χ2v) is 9.97. The van der Waals surface area contributed by atoms with Crippen molar-refractivity contribution in [2.45, 2.75) is 136 Å². The molecule has 0 rings (SSSR count). The monoisotopic (exact) mass is 480 g/mol. The number of nitrogens with zero attached hydrogens (tertiary/aromatic N) is 3. The molecule has 0 unspecified atom stereocenters. The maximum Gasteiger partial charge on any atom is 0.195 e. The van der Waals surface area contributed by atoms with Gasteiger partial charge in [0.1, 0.15) is 0 Å². The van der Waals surface area contributed by atoms with Gasteiger partial charge in [0.15, 0.2) is 11.9 Å². The van der Waals surface area contributed by atoms with Gasteiger partial charge in [-0.3, -0.25) is 15.3 Å². The molecule has 0 saturated heterocycles. The summed E-state index contributed by atoms with van der Waals surface area (Å²) < 4.78 is 0. The zero-order valence-corrected chi connectivity index (χ0v) is 23.3. The van der Waals surface area contributed by atoms with Crippen molar-refractivity contribution in [2.75, 3.05) is 33.2 Å². The summed E-state index contributed by atoms with van der Waals surface area (Å²) in [6.07, 6.45) is 25.2. The number of rotatable bonds is 24. The van der Waals surface area contributed by atoms with Gasteiger partial charge < -0.3 is 16.4 Å². The van der Waals surface area contributed by atoms with Crippen LogP contribution < -0.4 is 16.8 Å². The molecule has 0 aliphatic heterocycles. The molecular weight excluding hydrogens is 420 g/mol. The lowest BCUT2D eigenvalue weighted by Crippen LogP contribution is -2.41. The van der Waals surface area contributed by atoms with Crippen LogP contribution in [0.15, 0.2) is 9.98 Å². The Bertz CT molecular complexity index is 478. The number of nitrogens with two attached hydrogens (primary N) is 2. The number of hydrogen-bond donors (Lipinski definition) is 3. The molecule has 0 amide bonds. The molecule has 0 aliphatic rings. The minimum Gasteiger partial charge on any atom is -0.370 e. The van der Waals surface area contributed by atoms with Crippen molar-refractivity contribution in [3.63, 3.8) is 0 Å². The smallest absolute Gasteiger partial charge is 0.195 e. The predicted molar refractivity (Wildman–Crippen MR) is 153 cm³/mol. The van der Waals surface area contributed by atoms with E-state index < -0.39 is 0 Å². The largest absolute Gasteiger partial charge is 0.370 e. The van der Waals surface area contributed by atoms with E-state index >= 15 is 0 Å². The Morgan fingerprint density at radius 2 is 0.882 bits per heavy atom. The fourth-order valence-corrected chi connectivity index (χ4v) is 4.18. The number of guanidine groups is 2. The molecule has 6 heteroatoms. The van der Waals surface area contributed by atoms with Crippen molar-refractivity contribution in [2.24, 2.45) is 21.5 Å². The Morgan fingerprint density at radius 1 is 0.529 bits per heavy atom. The molecule has 0 fully saturated rings. The number of nitrogens with one attached hydrogen (secondary N) is 1. The first-order valence-electron chi connectivity index (χ1n) is 14.7. The second-order valence-electron chi connectivity index (χ2n) is 9.97. The van der Waals surface area contributed by atoms with E-state index in [9.17, 15) is 0 Å². The quantitative estimate of drug-likeness (QED) is 0.0825. The molecule has 0 aromatic heterocycles. The van der Waals surface area contributed by atoms with Crippen LogP contribution in [0.2, 0.25) is 0 Å². The van der Waals surface area contributed by atoms with E-state index in [1.807, 2.05) is 0 Å². The van der Waals surface area contributed by atoms with Crippen molar-refractivity contribution in [1.82, 2.24) is 10.2 Å². The highest BCUT2D eigenvalue weighted by molar-refractivity contribution is 5.96. The van der Waals surface area contributed by atoms with Gasteiger partial charge in [-0.15, -0.1) is 0 Å². The van der Waals surface area contributed by atoms with Gasteiger partial charge >= 0.3 is 0 Å². The normalized spacial score (nSPS) is 12.6. The van der Waals surface area contributed by atoms with Crippen molar-refractivity contribution in [3.8, 4) is 0 Å². The molecule has 0 aromatic carbocycles. The Kier molecular flexibility index (Phi) is 25.3. The highest BCUT2D eigenvalue weighted by atomic mass is 15.2. The van der Waals surface area contributed by atoms with Crippen LogP contribution in [0.25, 0.3) is 0 Å². The summed E-state index contributed by atoms with van der Waals surface area (Å²) in [5.41, 5.74) is 11.9. The molecule has 5 N–H and O–H groups in total. The summed E-state index contributed by atoms with van der Waals surface area (Å²) in [6, 6.07) is 0. The van der Waals surface area contributed by atoms with Crippen LogP contribution in [0.5, 0.6) is 0 Å². The van der Waals surface area contributed by atoms with Crippen LogP contribution >= 0.6 is 0 Å². The summed E-state index contributed by atoms with van der Waals surface area (Å²) in [4.78, 5) is 11.1. The molecule has 202 valence electrons. The minimum absolute atomic E-state index is 0.370. The number of unbranched alkanes of at least 4 members (excludes halogenated alkanes) is 16. The molecular formula is C28H60N6. The third-order valence-electron chi connectivity index (χ3n) is 6.42. The Morgan fingerprint density at radius 3 is 1.35 bits per heavy atom. The van der Waals surface area contributed by atoms with E-state index in [2.05, 4.69) is 41.1 Å². The lowest BCUT2D eigenvalue weighted by Gasteiger charge is -2.15. The zero-order chi connectivity index (χ0) is 25.1. The SMILES string of the molecule is CCCCCCCCCCCCN(C)CCCN=C(N)NC(N)=NCCCCCCCCCC. The number of aliphatic imine (C=N–C) groups is 2. The van der Waals surface area contributed by atoms with Gasteiger partial charge in [-0.05, 0) is 39.4 Å². The van der Waals surface area contributed by atoms with Crippen molar-refractivity contribution in [3.05, 3.63) is 0 Å². The zero-order valence-electron chi connectivity index (χ0n) is 23.3. The van der Waals surface area contributed by atoms with Gasteiger partial charge in [-0.2, -0.15) is 0 Å². The Labute approximate surface area is 212 Å². The van der Waals surface area contributed by atoms with Crippen molar-refractivity contribution >= 4 is 11.9 Å². The predicted octanol–water partition coefficient (Wildman–Crippen LogP) is 6.59. The molecule has 0 radical (unpaired) electrons. The van der Waals surface area contributed by atoms with E-state index in [1.54, 1.807) is 0 Å². The molecule has 6 nitrogen and oxygen atoms in total. The summed E-state index contributed by atoms with van der Waals surface area (Å²) in [7, 11) is 2.20. The van der Waals surface area contributed by atoms with Crippen LogP contribution in [0, 0.1) is 0 Å². The van der Waals surface area contributed by atoms with Crippen LogP contribution in [0.4, 0.5) is 0 Å². The summed E-state index contributed by atoms with van der Waals surface area (Å²) in [6.45, 7) is 8.23. The standard InChI is InChI=1S/C28H60N6/c1-4-6-8-10-12-14-15-17-19-21-25-34(3)26-22-24-32-28(30)33-27(29)31-23-20-18-16-13-11-9-7-5-2/h4-26H2,1-3H3,(H5,29,30,31,32,33). The maximum absolute atomic E-state index is 5.94. The molecule has 0 bridgehead atoms. The Balaban J connectivity index is 3.58. The van der Waals surface area contributed by atoms with Crippen LogP contribution in [0.3, 0.4) is 0 Å². The van der Waals surface area contributed by atoms with Gasteiger partial charge in [0.05, 0.1) is 0 Å². The van der Waals surface area contributed by atoms with Gasteiger partial charge in [0.25, 0.3) is 0 Å². The molecule has 0 heterocycles. The highest BCUT2D eigenvalue weighted by Gasteiger charge is 2.00. The molecule has 0 atom stereocenters. The average molecular weight is 481 g/mol. The van der Waals surface area contributed by atoms with E-state index in [-0.39, 0.29) is 0 Å². The minimum atomic E-state index is 0.370. The second kappa shape index (κ2) is 26.3. The van der Waals surface area contributed by atoms with Crippen molar-refractivity contribution < 1.29 is 0 Å². The molecule has 0 saturated carbocycles. The first-order valence-corrected chi connectivity index (χ1v) is 14.7. The van der Waals surface area contributed by atoms with Crippen LogP contribution in [-0.2, 0) is 0 Å². The van der Waals surface area contributed by atoms with Crippen molar-refractivity contribution in [1.29, 1.82) is 0 Å². The highest BCUT2D eigenvalue weighted by Crippen LogP contribution is 2.11. The third kappa shape index (κ3) is 25.3. The Hall–Kier alpha value is -1.30. The fraction of sp³-hybridized carbons (Fsp3) is 0.929. The van der Waals surface area contributed by atoms with E-state index in [0.29, 0.717) is 18.5 Å². The summed E-state index contributed by atoms with van der Waals surface area (Å²) >= 11 is 0. The summed E-state index contributed by atoms with van der Waals surface area (Å²) in [5.74, 6) is 0.747. The summed E-state index contributed by atoms with van der Waals surface area (Å²) in [5, 5.41) is 2.91. The molecule has 34 heavy (non-hydrogen) atoms. The van der Waals surface area contributed by atoms with E-state index in [0.717, 1.165) is 25.9 Å². The average Bonchev–Trinajstić information content (AvgIpc) is 2.82. The van der Waals surface area contributed by atoms with Crippen LogP contribution in [0.1, 0.15) is 136 Å². The number of hydrogen-bond acceptors (Lipinski definition) is 3. The fourth-order valence-electron chi connectivity index (χ4n) is 4.18. The topological polar surface area (TPSA) is 92.0 Å². The molecule has 0 aliphatic carbocycles. The molecule has 0 spiro atoms. The third-order valence-corrected chi connectivity index (χ3v) is 6.42. The van der Waals surface area contributed by atoms with Gasteiger partial charge in [0, 0.05) is 13.1 Å². The lowest BCUT2D eigenvalue weighted by atomic mass is 10.1. The lowest BCUT2D eigenvalue weighted by molar-refractivity contribution is 0.321. The van der Waals surface area contributed by atoms with Gasteiger partial charge in [-0.1, -0.05) is 117 Å².